The smallest absolute Gasteiger partial charge is 0.368 e. The van der Waals surface area contributed by atoms with Crippen molar-refractivity contribution in [1.29, 1.82) is 0 Å². The summed E-state index contributed by atoms with van der Waals surface area (Å²) in [6, 6.07) is 5.57. The zero-order valence-corrected chi connectivity index (χ0v) is 16.2. The van der Waals surface area contributed by atoms with Crippen LogP contribution in [0.2, 0.25) is 5.02 Å². The molecular weight excluding hydrogens is 413 g/mol. The summed E-state index contributed by atoms with van der Waals surface area (Å²) >= 11 is 7.69. The van der Waals surface area contributed by atoms with Gasteiger partial charge in [-0.2, -0.15) is 18.4 Å². The molecule has 0 spiro atoms. The van der Waals surface area contributed by atoms with Crippen LogP contribution in [0.3, 0.4) is 0 Å². The van der Waals surface area contributed by atoms with Gasteiger partial charge in [0, 0.05) is 32.7 Å². The zero-order valence-electron chi connectivity index (χ0n) is 14.6. The fourth-order valence-corrected chi connectivity index (χ4v) is 4.39. The van der Waals surface area contributed by atoms with E-state index in [1.165, 1.54) is 6.07 Å². The van der Waals surface area contributed by atoms with E-state index in [1.54, 1.807) is 11.3 Å². The molecule has 0 saturated carbocycles. The molecule has 0 radical (unpaired) electrons. The topological polar surface area (TPSA) is 60.9 Å². The molecule has 1 saturated heterocycles. The number of benzene rings is 1. The molecule has 148 valence electrons. The molecule has 3 aromatic rings. The number of halogens is 4. The predicted octanol–water partition coefficient (Wildman–Crippen LogP) is 3.92. The van der Waals surface area contributed by atoms with Crippen molar-refractivity contribution in [1.82, 2.24) is 25.5 Å². The third-order valence-electron chi connectivity index (χ3n) is 4.68. The van der Waals surface area contributed by atoms with Crippen LogP contribution in [-0.2, 0) is 12.7 Å². The van der Waals surface area contributed by atoms with Gasteiger partial charge in [-0.05, 0) is 40.4 Å². The molecule has 0 amide bonds. The highest BCUT2D eigenvalue weighted by atomic mass is 35.5. The van der Waals surface area contributed by atoms with Gasteiger partial charge in [-0.25, -0.2) is 0 Å². The number of piperazine rings is 1. The molecule has 1 fully saturated rings. The molecule has 1 aliphatic heterocycles. The van der Waals surface area contributed by atoms with Crippen molar-refractivity contribution < 1.29 is 13.2 Å². The minimum absolute atomic E-state index is 0.125. The maximum absolute atomic E-state index is 12.8. The van der Waals surface area contributed by atoms with E-state index in [-0.39, 0.29) is 5.02 Å². The van der Waals surface area contributed by atoms with Gasteiger partial charge in [0.05, 0.1) is 21.2 Å². The molecule has 28 heavy (non-hydrogen) atoms. The second kappa shape index (κ2) is 7.69. The van der Waals surface area contributed by atoms with Crippen molar-refractivity contribution in [3.05, 3.63) is 45.8 Å². The number of alkyl halides is 3. The fourth-order valence-electron chi connectivity index (χ4n) is 3.24. The number of rotatable bonds is 4. The Morgan fingerprint density at radius 1 is 1.14 bits per heavy atom. The molecule has 11 heteroatoms. The first-order chi connectivity index (χ1) is 13.4. The summed E-state index contributed by atoms with van der Waals surface area (Å²) in [6.45, 7) is 3.68. The first-order valence-electron chi connectivity index (χ1n) is 8.56. The van der Waals surface area contributed by atoms with Gasteiger partial charge in [-0.15, -0.1) is 21.5 Å². The maximum Gasteiger partial charge on any atom is 0.416 e. The molecule has 1 N–H and O–H groups in total. The van der Waals surface area contributed by atoms with E-state index in [4.69, 9.17) is 11.6 Å². The Bertz CT molecular complexity index is 935. The number of thiophene rings is 1. The van der Waals surface area contributed by atoms with Crippen LogP contribution in [0, 0.1) is 0 Å². The number of hydrogen-bond donors (Lipinski definition) is 1. The fraction of sp³-hybridized carbons (Fsp3) is 0.353. The lowest BCUT2D eigenvalue weighted by Gasteiger charge is -2.36. The Morgan fingerprint density at radius 2 is 1.93 bits per heavy atom. The Kier molecular flexibility index (Phi) is 5.26. The first kappa shape index (κ1) is 19.2. The van der Waals surface area contributed by atoms with Gasteiger partial charge >= 0.3 is 6.18 Å². The van der Waals surface area contributed by atoms with Gasteiger partial charge in [-0.1, -0.05) is 11.6 Å². The van der Waals surface area contributed by atoms with Gasteiger partial charge in [0.2, 0.25) is 5.82 Å². The van der Waals surface area contributed by atoms with E-state index >= 15 is 0 Å². The summed E-state index contributed by atoms with van der Waals surface area (Å²) in [5.74, 6) is 0.583. The standard InChI is InChI=1S/C17H16ClF3N6S/c18-13-9-12(17(19,20)21)1-2-14(13)27-6-4-26(5-7-27)10-11-3-8-28-15(11)16-22-24-25-23-16/h1-3,8-9H,4-7,10H2,(H,22,23,24,25). The molecule has 2 aromatic heterocycles. The number of aromatic amines is 1. The van der Waals surface area contributed by atoms with Crippen LogP contribution in [0.15, 0.2) is 29.6 Å². The average Bonchev–Trinajstić information content (AvgIpc) is 3.33. The number of aromatic nitrogens is 4. The van der Waals surface area contributed by atoms with Crippen LogP contribution in [0.25, 0.3) is 10.7 Å². The van der Waals surface area contributed by atoms with Crippen LogP contribution < -0.4 is 4.90 Å². The third kappa shape index (κ3) is 3.98. The lowest BCUT2D eigenvalue weighted by molar-refractivity contribution is -0.137. The summed E-state index contributed by atoms with van der Waals surface area (Å²) in [5.41, 5.74) is 1.04. The molecule has 4 rings (SSSR count). The van der Waals surface area contributed by atoms with Crippen LogP contribution >= 0.6 is 22.9 Å². The maximum atomic E-state index is 12.8. The van der Waals surface area contributed by atoms with Gasteiger partial charge < -0.3 is 4.90 Å². The zero-order chi connectivity index (χ0) is 19.7. The van der Waals surface area contributed by atoms with Crippen molar-refractivity contribution in [3.8, 4) is 10.7 Å². The van der Waals surface area contributed by atoms with E-state index in [2.05, 4.69) is 31.6 Å². The van der Waals surface area contributed by atoms with Crippen LogP contribution in [0.4, 0.5) is 18.9 Å². The molecule has 1 aromatic carbocycles. The number of tetrazole rings is 1. The molecule has 0 aliphatic carbocycles. The van der Waals surface area contributed by atoms with Crippen LogP contribution in [-0.4, -0.2) is 51.7 Å². The number of nitrogens with one attached hydrogen (secondary N) is 1. The molecule has 1 aliphatic rings. The largest absolute Gasteiger partial charge is 0.416 e. The number of H-pyrrole nitrogens is 1. The molecule has 3 heterocycles. The Morgan fingerprint density at radius 3 is 2.57 bits per heavy atom. The number of anilines is 1. The van der Waals surface area contributed by atoms with Gasteiger partial charge in [-0.3, -0.25) is 4.90 Å². The molecular formula is C17H16ClF3N6S. The molecule has 0 bridgehead atoms. The monoisotopic (exact) mass is 428 g/mol. The summed E-state index contributed by atoms with van der Waals surface area (Å²) in [5, 5.41) is 16.3. The molecule has 6 nitrogen and oxygen atoms in total. The van der Waals surface area contributed by atoms with E-state index in [1.807, 2.05) is 10.3 Å². The van der Waals surface area contributed by atoms with Gasteiger partial charge in [0.15, 0.2) is 0 Å². The number of nitrogens with zero attached hydrogens (tertiary/aromatic N) is 5. The van der Waals surface area contributed by atoms with Crippen LogP contribution in [0.5, 0.6) is 0 Å². The van der Waals surface area contributed by atoms with E-state index in [0.717, 1.165) is 42.2 Å². The quantitative estimate of drug-likeness (QED) is 0.682. The Hall–Kier alpha value is -2.17. The second-order valence-electron chi connectivity index (χ2n) is 6.44. The summed E-state index contributed by atoms with van der Waals surface area (Å²) in [4.78, 5) is 5.30. The lowest BCUT2D eigenvalue weighted by Crippen LogP contribution is -2.46. The van der Waals surface area contributed by atoms with Crippen LogP contribution in [0.1, 0.15) is 11.1 Å². The second-order valence-corrected chi connectivity index (χ2v) is 7.76. The van der Waals surface area contributed by atoms with Crippen molar-refractivity contribution in [2.75, 3.05) is 31.1 Å². The Balaban J connectivity index is 1.40. The first-order valence-corrected chi connectivity index (χ1v) is 9.82. The van der Waals surface area contributed by atoms with Gasteiger partial charge in [0.25, 0.3) is 0 Å². The lowest BCUT2D eigenvalue weighted by atomic mass is 10.1. The highest BCUT2D eigenvalue weighted by Gasteiger charge is 2.31. The average molecular weight is 429 g/mol. The van der Waals surface area contributed by atoms with E-state index in [0.29, 0.717) is 24.6 Å². The van der Waals surface area contributed by atoms with Crippen molar-refractivity contribution in [2.45, 2.75) is 12.7 Å². The minimum Gasteiger partial charge on any atom is -0.368 e. The number of hydrogen-bond acceptors (Lipinski definition) is 6. The highest BCUT2D eigenvalue weighted by Crippen LogP contribution is 2.35. The van der Waals surface area contributed by atoms with Gasteiger partial charge in [0.1, 0.15) is 0 Å². The SMILES string of the molecule is FC(F)(F)c1ccc(N2CCN(Cc3ccsc3-c3nn[nH]n3)CC2)c(Cl)c1. The third-order valence-corrected chi connectivity index (χ3v) is 5.93. The normalized spacial score (nSPS) is 15.9. The van der Waals surface area contributed by atoms with E-state index < -0.39 is 11.7 Å². The highest BCUT2D eigenvalue weighted by molar-refractivity contribution is 7.13. The molecule has 0 unspecified atom stereocenters. The summed E-state index contributed by atoms with van der Waals surface area (Å²) in [6.07, 6.45) is -4.39. The van der Waals surface area contributed by atoms with Crippen molar-refractivity contribution in [3.63, 3.8) is 0 Å². The summed E-state index contributed by atoms with van der Waals surface area (Å²) < 4.78 is 38.4. The van der Waals surface area contributed by atoms with E-state index in [9.17, 15) is 13.2 Å². The summed E-state index contributed by atoms with van der Waals surface area (Å²) in [7, 11) is 0. The van der Waals surface area contributed by atoms with Crippen molar-refractivity contribution in [2.24, 2.45) is 0 Å². The minimum atomic E-state index is -4.39. The predicted molar refractivity (Wildman–Crippen MR) is 101 cm³/mol. The molecule has 0 atom stereocenters. The van der Waals surface area contributed by atoms with Crippen molar-refractivity contribution >= 4 is 28.6 Å². The Labute approximate surface area is 167 Å².